The molecule has 25 heavy (non-hydrogen) atoms. The number of hydrogen-bond acceptors (Lipinski definition) is 4. The molecule has 7 nitrogen and oxygen atoms in total. The highest BCUT2D eigenvalue weighted by Gasteiger charge is 2.11. The van der Waals surface area contributed by atoms with E-state index in [9.17, 15) is 13.2 Å². The third kappa shape index (κ3) is 5.45. The fourth-order valence-corrected chi connectivity index (χ4v) is 2.13. The zero-order valence-electron chi connectivity index (χ0n) is 13.9. The fourth-order valence-electron chi connectivity index (χ4n) is 2.13. The van der Waals surface area contributed by atoms with Crippen molar-refractivity contribution in [3.8, 4) is 6.07 Å². The van der Waals surface area contributed by atoms with Crippen LogP contribution in [0, 0.1) is 18.3 Å². The average molecular weight is 365 g/mol. The van der Waals surface area contributed by atoms with Crippen molar-refractivity contribution in [2.24, 2.45) is 0 Å². The average Bonchev–Trinajstić information content (AvgIpc) is 2.87. The summed E-state index contributed by atoms with van der Waals surface area (Å²) in [5.74, 6) is 0. The van der Waals surface area contributed by atoms with E-state index in [0.29, 0.717) is 23.0 Å². The number of rotatable bonds is 0. The van der Waals surface area contributed by atoms with Gasteiger partial charge in [-0.1, -0.05) is 33.4 Å². The zero-order chi connectivity index (χ0) is 18.5. The fraction of sp³-hybridized carbons (Fsp3) is 0.294. The molecule has 0 bridgehead atoms. The third-order valence-corrected chi connectivity index (χ3v) is 2.92. The Hall–Kier alpha value is -2.63. The van der Waals surface area contributed by atoms with E-state index >= 15 is 0 Å². The van der Waals surface area contributed by atoms with Gasteiger partial charge in [0.2, 0.25) is 0 Å². The third-order valence-electron chi connectivity index (χ3n) is 2.92. The Bertz CT molecular complexity index is 1050. The van der Waals surface area contributed by atoms with E-state index in [0.717, 1.165) is 11.0 Å². The van der Waals surface area contributed by atoms with Gasteiger partial charge in [-0.2, -0.15) is 13.7 Å². The Morgan fingerprint density at radius 3 is 2.28 bits per heavy atom. The van der Waals surface area contributed by atoms with Crippen LogP contribution in [0.15, 0.2) is 35.1 Å². The van der Waals surface area contributed by atoms with Gasteiger partial charge in [-0.05, 0) is 24.6 Å². The molecule has 3 rings (SSSR count). The van der Waals surface area contributed by atoms with Crippen LogP contribution in [-0.2, 0) is 10.1 Å². The maximum Gasteiger partial charge on any atom is 0.261 e. The van der Waals surface area contributed by atoms with Crippen LogP contribution in [0.5, 0.6) is 0 Å². The molecule has 8 heteroatoms. The molecule has 0 aliphatic rings. The van der Waals surface area contributed by atoms with Crippen LogP contribution in [0.3, 0.4) is 0 Å². The lowest BCUT2D eigenvalue weighted by molar-refractivity contribution is 0.490. The van der Waals surface area contributed by atoms with E-state index in [4.69, 9.17) is 9.81 Å². The first kappa shape index (κ1) is 22.4. The zero-order valence-corrected chi connectivity index (χ0v) is 14.7. The molecule has 2 aromatic heterocycles. The second-order valence-corrected chi connectivity index (χ2v) is 6.18. The molecule has 1 aromatic carbocycles. The van der Waals surface area contributed by atoms with Crippen molar-refractivity contribution in [2.75, 3.05) is 6.26 Å². The largest absolute Gasteiger partial charge is 0.338 e. The van der Waals surface area contributed by atoms with Crippen LogP contribution in [0.2, 0.25) is 0 Å². The van der Waals surface area contributed by atoms with Crippen LogP contribution < -0.4 is 5.56 Å². The highest BCUT2D eigenvalue weighted by molar-refractivity contribution is 7.85. The Morgan fingerprint density at radius 1 is 1.24 bits per heavy atom. The Balaban J connectivity index is 0.000000628. The van der Waals surface area contributed by atoms with Gasteiger partial charge in [0.05, 0.1) is 22.9 Å². The van der Waals surface area contributed by atoms with Gasteiger partial charge in [-0.15, -0.1) is 0 Å². The van der Waals surface area contributed by atoms with E-state index in [2.05, 4.69) is 11.1 Å². The molecular weight excluding hydrogens is 342 g/mol. The highest BCUT2D eigenvalue weighted by atomic mass is 32.2. The van der Waals surface area contributed by atoms with Gasteiger partial charge in [-0.25, -0.2) is 0 Å². The highest BCUT2D eigenvalue weighted by Crippen LogP contribution is 2.18. The van der Waals surface area contributed by atoms with Crippen molar-refractivity contribution < 1.29 is 13.0 Å². The number of pyridine rings is 1. The molecule has 0 fully saturated rings. The lowest BCUT2D eigenvalue weighted by Crippen LogP contribution is -2.13. The van der Waals surface area contributed by atoms with Crippen LogP contribution >= 0.6 is 0 Å². The van der Waals surface area contributed by atoms with E-state index in [-0.39, 0.29) is 13.0 Å². The topological polar surface area (TPSA) is 115 Å². The normalized spacial score (nSPS) is 9.92. The minimum absolute atomic E-state index is 0. The quantitative estimate of drug-likeness (QED) is 0.594. The number of fused-ring (bicyclic) bond motifs is 3. The second kappa shape index (κ2) is 9.01. The molecule has 0 amide bonds. The maximum atomic E-state index is 12.0. The standard InChI is InChI=1S/C13H9N3O.C2H6.CH4O3S.CH4/c1-8-6-12(17)16-11-5-3-2-4-10(11)15-13(16)9(8)7-14;1-2;1-5(2,3)4;/h2-6,15H,1H3;1-2H3;1H3,(H,2,3,4);1H4. The smallest absolute Gasteiger partial charge is 0.261 e. The molecule has 0 unspecified atom stereocenters. The van der Waals surface area contributed by atoms with E-state index in [1.165, 1.54) is 6.07 Å². The van der Waals surface area contributed by atoms with Crippen molar-refractivity contribution in [3.05, 3.63) is 51.8 Å². The number of nitrogens with zero attached hydrogens (tertiary/aromatic N) is 2. The summed E-state index contributed by atoms with van der Waals surface area (Å²) in [7, 11) is -3.67. The van der Waals surface area contributed by atoms with Crippen molar-refractivity contribution in [1.29, 1.82) is 5.26 Å². The number of hydrogen-bond donors (Lipinski definition) is 2. The molecular formula is C17H23N3O4S. The van der Waals surface area contributed by atoms with Gasteiger partial charge in [0.15, 0.2) is 0 Å². The second-order valence-electron chi connectivity index (χ2n) is 4.71. The van der Waals surface area contributed by atoms with Crippen LogP contribution in [0.25, 0.3) is 16.7 Å². The first-order valence-electron chi connectivity index (χ1n) is 7.18. The lowest BCUT2D eigenvalue weighted by Gasteiger charge is -1.99. The van der Waals surface area contributed by atoms with Gasteiger partial charge < -0.3 is 4.98 Å². The number of nitriles is 1. The molecule has 0 saturated heterocycles. The van der Waals surface area contributed by atoms with Gasteiger partial charge >= 0.3 is 0 Å². The summed E-state index contributed by atoms with van der Waals surface area (Å²) in [6, 6.07) is 11.1. The van der Waals surface area contributed by atoms with Crippen molar-refractivity contribution >= 4 is 26.8 Å². The first-order valence-corrected chi connectivity index (χ1v) is 9.03. The van der Waals surface area contributed by atoms with Gasteiger partial charge in [0.1, 0.15) is 11.7 Å². The Kier molecular flexibility index (Phi) is 8.06. The maximum absolute atomic E-state index is 12.0. The molecule has 3 aromatic rings. The van der Waals surface area contributed by atoms with E-state index < -0.39 is 10.1 Å². The molecule has 0 saturated carbocycles. The predicted octanol–water partition coefficient (Wildman–Crippen LogP) is 3.13. The minimum atomic E-state index is -3.67. The molecule has 2 heterocycles. The first-order chi connectivity index (χ1) is 11.2. The number of H-pyrrole nitrogens is 1. The molecule has 0 aliphatic heterocycles. The van der Waals surface area contributed by atoms with Crippen molar-refractivity contribution in [1.82, 2.24) is 9.38 Å². The molecule has 2 N–H and O–H groups in total. The number of nitrogens with one attached hydrogen (secondary N) is 1. The van der Waals surface area contributed by atoms with Crippen LogP contribution in [-0.4, -0.2) is 28.6 Å². The number of aromatic amines is 1. The number of aromatic nitrogens is 2. The number of para-hydroxylation sites is 2. The monoisotopic (exact) mass is 365 g/mol. The predicted molar refractivity (Wildman–Crippen MR) is 101 cm³/mol. The summed E-state index contributed by atoms with van der Waals surface area (Å²) in [6.45, 7) is 5.77. The summed E-state index contributed by atoms with van der Waals surface area (Å²) in [5.41, 5.74) is 3.31. The van der Waals surface area contributed by atoms with E-state index in [1.54, 1.807) is 11.3 Å². The van der Waals surface area contributed by atoms with Crippen LogP contribution in [0.4, 0.5) is 0 Å². The Morgan fingerprint density at radius 2 is 1.76 bits per heavy atom. The summed E-state index contributed by atoms with van der Waals surface area (Å²) in [5, 5.41) is 9.15. The molecule has 0 spiro atoms. The van der Waals surface area contributed by atoms with Gasteiger partial charge in [-0.3, -0.25) is 13.7 Å². The molecule has 136 valence electrons. The van der Waals surface area contributed by atoms with Gasteiger partial charge in [0.25, 0.3) is 15.7 Å². The SMILES string of the molecule is C.CC.CS(=O)(=O)O.Cc1cc(=O)n2c([nH]c3ccccc32)c1C#N. The van der Waals surface area contributed by atoms with Gasteiger partial charge in [0, 0.05) is 6.07 Å². The number of aryl methyl sites for hydroxylation is 1. The van der Waals surface area contributed by atoms with Crippen molar-refractivity contribution in [2.45, 2.75) is 28.2 Å². The number of imidazole rings is 1. The minimum Gasteiger partial charge on any atom is -0.338 e. The number of benzene rings is 1. The van der Waals surface area contributed by atoms with Crippen molar-refractivity contribution in [3.63, 3.8) is 0 Å². The molecule has 0 radical (unpaired) electrons. The summed E-state index contributed by atoms with van der Waals surface area (Å²) < 4.78 is 27.4. The van der Waals surface area contributed by atoms with Crippen LogP contribution in [0.1, 0.15) is 32.4 Å². The summed E-state index contributed by atoms with van der Waals surface area (Å²) in [6.07, 6.45) is 0.715. The molecule has 0 aliphatic carbocycles. The molecule has 0 atom stereocenters. The lowest BCUT2D eigenvalue weighted by atomic mass is 10.2. The Labute approximate surface area is 147 Å². The summed E-state index contributed by atoms with van der Waals surface area (Å²) in [4.78, 5) is 15.1. The summed E-state index contributed by atoms with van der Waals surface area (Å²) >= 11 is 0. The van der Waals surface area contributed by atoms with E-state index in [1.807, 2.05) is 38.1 Å².